The summed E-state index contributed by atoms with van der Waals surface area (Å²) in [4.78, 5) is 14.3. The van der Waals surface area contributed by atoms with Crippen molar-refractivity contribution in [2.45, 2.75) is 41.5 Å². The molecule has 0 saturated heterocycles. The molecule has 0 aliphatic carbocycles. The van der Waals surface area contributed by atoms with Gasteiger partial charge in [0.15, 0.2) is 17.5 Å². The molecule has 0 radical (unpaired) electrons. The number of benzene rings is 3. The third-order valence-electron chi connectivity index (χ3n) is 5.88. The van der Waals surface area contributed by atoms with Gasteiger partial charge in [0.25, 0.3) is 0 Å². The fourth-order valence-corrected chi connectivity index (χ4v) is 4.02. The molecule has 0 spiro atoms. The molecule has 0 atom stereocenters. The number of nitrogens with zero attached hydrogens (tertiary/aromatic N) is 3. The fraction of sp³-hybridized carbons (Fsp3) is 0.222. The van der Waals surface area contributed by atoms with E-state index in [1.165, 1.54) is 0 Å². The molecule has 6 heteroatoms. The van der Waals surface area contributed by atoms with Crippen LogP contribution in [0.15, 0.2) is 36.4 Å². The Labute approximate surface area is 193 Å². The second-order valence-electron chi connectivity index (χ2n) is 8.68. The van der Waals surface area contributed by atoms with Crippen molar-refractivity contribution in [2.24, 2.45) is 0 Å². The van der Waals surface area contributed by atoms with Gasteiger partial charge in [0.1, 0.15) is 17.2 Å². The first-order chi connectivity index (χ1) is 15.5. The molecule has 33 heavy (non-hydrogen) atoms. The maximum absolute atomic E-state index is 10.2. The monoisotopic (exact) mass is 441 g/mol. The van der Waals surface area contributed by atoms with E-state index in [-0.39, 0.29) is 17.2 Å². The molecule has 4 rings (SSSR count). The Bertz CT molecular complexity index is 1160. The standard InChI is InChI=1S/C27H27N3O3/c1-13-7-19(8-14(2)22(13)31)25-28-26(20-9-15(3)23(32)16(4)10-20)30-27(29-25)21-11-17(5)24(33)18(6)12-21/h7-12,31-33H,1-6H3. The van der Waals surface area contributed by atoms with Crippen LogP contribution in [-0.4, -0.2) is 30.3 Å². The van der Waals surface area contributed by atoms with Crippen LogP contribution in [0.3, 0.4) is 0 Å². The molecule has 0 fully saturated rings. The zero-order valence-corrected chi connectivity index (χ0v) is 19.6. The molecule has 3 N–H and O–H groups in total. The second-order valence-corrected chi connectivity index (χ2v) is 8.68. The number of aromatic hydroxyl groups is 3. The summed E-state index contributed by atoms with van der Waals surface area (Å²) < 4.78 is 0. The highest BCUT2D eigenvalue weighted by atomic mass is 16.3. The van der Waals surface area contributed by atoms with Gasteiger partial charge < -0.3 is 15.3 Å². The van der Waals surface area contributed by atoms with Gasteiger partial charge in [-0.3, -0.25) is 0 Å². The second kappa shape index (κ2) is 8.20. The molecule has 4 aromatic rings. The van der Waals surface area contributed by atoms with Crippen molar-refractivity contribution in [3.63, 3.8) is 0 Å². The van der Waals surface area contributed by atoms with E-state index in [4.69, 9.17) is 15.0 Å². The van der Waals surface area contributed by atoms with Crippen LogP contribution in [0.5, 0.6) is 17.2 Å². The van der Waals surface area contributed by atoms with Gasteiger partial charge in [-0.25, -0.2) is 15.0 Å². The van der Waals surface area contributed by atoms with Crippen LogP contribution in [-0.2, 0) is 0 Å². The molecule has 0 aliphatic rings. The summed E-state index contributed by atoms with van der Waals surface area (Å²) in [6, 6.07) is 11.1. The van der Waals surface area contributed by atoms with Crippen LogP contribution < -0.4 is 0 Å². The van der Waals surface area contributed by atoms with Crippen molar-refractivity contribution in [1.29, 1.82) is 0 Å². The van der Waals surface area contributed by atoms with Crippen LogP contribution in [0.2, 0.25) is 0 Å². The van der Waals surface area contributed by atoms with Crippen molar-refractivity contribution in [3.8, 4) is 51.4 Å². The number of phenols is 3. The quantitative estimate of drug-likeness (QED) is 0.369. The summed E-state index contributed by atoms with van der Waals surface area (Å²) in [5.41, 5.74) is 6.73. The zero-order chi connectivity index (χ0) is 24.0. The van der Waals surface area contributed by atoms with Crippen LogP contribution in [0.1, 0.15) is 33.4 Å². The minimum Gasteiger partial charge on any atom is -0.507 e. The SMILES string of the molecule is Cc1cc(-c2nc(-c3cc(C)c(O)c(C)c3)nc(-c3cc(C)c(O)c(C)c3)n2)cc(C)c1O. The van der Waals surface area contributed by atoms with Crippen LogP contribution in [0, 0.1) is 41.5 Å². The molecule has 1 aromatic heterocycles. The number of rotatable bonds is 3. The molecule has 3 aromatic carbocycles. The lowest BCUT2D eigenvalue weighted by molar-refractivity contribution is 0.466. The summed E-state index contributed by atoms with van der Waals surface area (Å²) >= 11 is 0. The molecular formula is C27H27N3O3. The lowest BCUT2D eigenvalue weighted by Crippen LogP contribution is -2.01. The molecule has 0 unspecified atom stereocenters. The minimum absolute atomic E-state index is 0.253. The average molecular weight is 442 g/mol. The Kier molecular flexibility index (Phi) is 5.54. The Hall–Kier alpha value is -3.93. The van der Waals surface area contributed by atoms with Gasteiger partial charge in [-0.2, -0.15) is 0 Å². The van der Waals surface area contributed by atoms with E-state index in [0.717, 1.165) is 50.1 Å². The van der Waals surface area contributed by atoms with Gasteiger partial charge in [0.2, 0.25) is 0 Å². The van der Waals surface area contributed by atoms with E-state index in [1.54, 1.807) is 0 Å². The van der Waals surface area contributed by atoms with Crippen LogP contribution in [0.25, 0.3) is 34.2 Å². The normalized spacial score (nSPS) is 11.1. The third kappa shape index (κ3) is 4.12. The van der Waals surface area contributed by atoms with Gasteiger partial charge in [0.05, 0.1) is 0 Å². The molecule has 0 bridgehead atoms. The van der Waals surface area contributed by atoms with Crippen molar-refractivity contribution < 1.29 is 15.3 Å². The Morgan fingerprint density at radius 1 is 0.394 bits per heavy atom. The van der Waals surface area contributed by atoms with E-state index < -0.39 is 0 Å². The summed E-state index contributed by atoms with van der Waals surface area (Å²) in [5.74, 6) is 2.20. The van der Waals surface area contributed by atoms with Gasteiger partial charge in [-0.05, 0) is 111 Å². The van der Waals surface area contributed by atoms with Crippen LogP contribution in [0.4, 0.5) is 0 Å². The maximum Gasteiger partial charge on any atom is 0.164 e. The Balaban J connectivity index is 2.00. The highest BCUT2D eigenvalue weighted by molar-refractivity contribution is 5.70. The van der Waals surface area contributed by atoms with Gasteiger partial charge in [-0.15, -0.1) is 0 Å². The molecule has 6 nitrogen and oxygen atoms in total. The minimum atomic E-state index is 0.253. The summed E-state index contributed by atoms with van der Waals surface area (Å²) in [6.45, 7) is 11.0. The van der Waals surface area contributed by atoms with E-state index >= 15 is 0 Å². The predicted octanol–water partition coefficient (Wildman–Crippen LogP) is 5.84. The molecule has 1 heterocycles. The first-order valence-electron chi connectivity index (χ1n) is 10.7. The fourth-order valence-electron chi connectivity index (χ4n) is 4.02. The Morgan fingerprint density at radius 3 is 0.758 bits per heavy atom. The van der Waals surface area contributed by atoms with Crippen LogP contribution >= 0.6 is 0 Å². The Morgan fingerprint density at radius 2 is 0.576 bits per heavy atom. The van der Waals surface area contributed by atoms with Gasteiger partial charge in [-0.1, -0.05) is 0 Å². The van der Waals surface area contributed by atoms with Gasteiger partial charge >= 0.3 is 0 Å². The topological polar surface area (TPSA) is 99.4 Å². The highest BCUT2D eigenvalue weighted by Gasteiger charge is 2.16. The van der Waals surface area contributed by atoms with Crippen molar-refractivity contribution in [1.82, 2.24) is 15.0 Å². The number of aromatic nitrogens is 3. The van der Waals surface area contributed by atoms with E-state index in [2.05, 4.69) is 0 Å². The first kappa shape index (κ1) is 22.3. The predicted molar refractivity (Wildman–Crippen MR) is 130 cm³/mol. The van der Waals surface area contributed by atoms with Crippen molar-refractivity contribution in [3.05, 3.63) is 69.8 Å². The van der Waals surface area contributed by atoms with E-state index in [1.807, 2.05) is 77.9 Å². The summed E-state index contributed by atoms with van der Waals surface area (Å²) in [5, 5.41) is 30.6. The lowest BCUT2D eigenvalue weighted by atomic mass is 10.0. The number of aryl methyl sites for hydroxylation is 6. The van der Waals surface area contributed by atoms with E-state index in [0.29, 0.717) is 17.5 Å². The molecule has 0 amide bonds. The van der Waals surface area contributed by atoms with Gasteiger partial charge in [0, 0.05) is 16.7 Å². The molecule has 0 saturated carbocycles. The zero-order valence-electron chi connectivity index (χ0n) is 19.6. The van der Waals surface area contributed by atoms with Crippen molar-refractivity contribution in [2.75, 3.05) is 0 Å². The lowest BCUT2D eigenvalue weighted by Gasteiger charge is -2.13. The highest BCUT2D eigenvalue weighted by Crippen LogP contribution is 2.33. The molecule has 168 valence electrons. The third-order valence-corrected chi connectivity index (χ3v) is 5.88. The smallest absolute Gasteiger partial charge is 0.164 e. The number of hydrogen-bond acceptors (Lipinski definition) is 6. The van der Waals surface area contributed by atoms with Crippen molar-refractivity contribution >= 4 is 0 Å². The average Bonchev–Trinajstić information content (AvgIpc) is 2.78. The summed E-state index contributed by atoms with van der Waals surface area (Å²) in [6.07, 6.45) is 0. The number of hydrogen-bond donors (Lipinski definition) is 3. The molecule has 0 aliphatic heterocycles. The summed E-state index contributed by atoms with van der Waals surface area (Å²) in [7, 11) is 0. The largest absolute Gasteiger partial charge is 0.507 e. The van der Waals surface area contributed by atoms with E-state index in [9.17, 15) is 15.3 Å². The molecular weight excluding hydrogens is 414 g/mol. The maximum atomic E-state index is 10.2. The number of phenolic OH excluding ortho intramolecular Hbond substituents is 3. The first-order valence-corrected chi connectivity index (χ1v) is 10.7.